The highest BCUT2D eigenvalue weighted by Crippen LogP contribution is 2.24. The number of hydrogen-bond donors (Lipinski definition) is 3. The number of aromatic amines is 2. The molecule has 0 unspecified atom stereocenters. The van der Waals surface area contributed by atoms with Crippen molar-refractivity contribution in [3.63, 3.8) is 0 Å². The monoisotopic (exact) mass is 404 g/mol. The lowest BCUT2D eigenvalue weighted by Gasteiger charge is -2.19. The molecule has 0 atom stereocenters. The number of esters is 2. The van der Waals surface area contributed by atoms with Gasteiger partial charge in [-0.05, 0) is 53.5 Å². The minimum atomic E-state index is -0.633. The van der Waals surface area contributed by atoms with E-state index in [1.165, 1.54) is 0 Å². The Bertz CT molecular complexity index is 855. The highest BCUT2D eigenvalue weighted by Gasteiger charge is 2.29. The third-order valence-electron chi connectivity index (χ3n) is 4.50. The molecule has 2 aromatic rings. The van der Waals surface area contributed by atoms with Crippen LogP contribution in [0, 0.1) is 13.8 Å². The topological polar surface area (TPSA) is 109 Å². The van der Waals surface area contributed by atoms with Crippen molar-refractivity contribution in [2.24, 2.45) is 0 Å². The Kier molecular flexibility index (Phi) is 7.24. The van der Waals surface area contributed by atoms with Gasteiger partial charge in [-0.2, -0.15) is 5.10 Å². The molecule has 0 aromatic carbocycles. The average molecular weight is 405 g/mol. The molecule has 0 radical (unpaired) electrons. The molecule has 2 rings (SSSR count). The van der Waals surface area contributed by atoms with E-state index in [4.69, 9.17) is 9.47 Å². The normalized spacial score (nSPS) is 11.6. The van der Waals surface area contributed by atoms with Gasteiger partial charge in [0, 0.05) is 30.0 Å². The predicted molar refractivity (Wildman–Crippen MR) is 110 cm³/mol. The molecule has 0 aliphatic carbocycles. The van der Waals surface area contributed by atoms with Gasteiger partial charge < -0.3 is 19.8 Å². The Hall–Kier alpha value is -2.61. The Balaban J connectivity index is 2.33. The van der Waals surface area contributed by atoms with Crippen LogP contribution in [0.1, 0.15) is 83.7 Å². The lowest BCUT2D eigenvalue weighted by atomic mass is 10.1. The molecule has 0 aliphatic rings. The van der Waals surface area contributed by atoms with Crippen molar-refractivity contribution in [2.75, 3.05) is 6.61 Å². The number of aromatic nitrogens is 3. The molecule has 160 valence electrons. The number of ether oxygens (including phenoxy) is 2. The van der Waals surface area contributed by atoms with Crippen molar-refractivity contribution in [2.45, 2.75) is 73.6 Å². The lowest BCUT2D eigenvalue weighted by Crippen LogP contribution is -2.24. The minimum Gasteiger partial charge on any atom is -0.462 e. The number of carbonyl (C=O) groups excluding carboxylic acids is 2. The van der Waals surface area contributed by atoms with Crippen LogP contribution in [0.2, 0.25) is 0 Å². The number of aryl methyl sites for hydroxylation is 2. The first-order chi connectivity index (χ1) is 13.6. The zero-order chi connectivity index (χ0) is 21.8. The fourth-order valence-electron chi connectivity index (χ4n) is 3.18. The van der Waals surface area contributed by atoms with Crippen molar-refractivity contribution >= 4 is 11.9 Å². The molecule has 0 aliphatic heterocycles. The molecule has 29 heavy (non-hydrogen) atoms. The zero-order valence-corrected chi connectivity index (χ0v) is 18.4. The van der Waals surface area contributed by atoms with E-state index in [-0.39, 0.29) is 6.61 Å². The highest BCUT2D eigenvalue weighted by atomic mass is 16.6. The van der Waals surface area contributed by atoms with Gasteiger partial charge in [0.25, 0.3) is 0 Å². The van der Waals surface area contributed by atoms with Crippen LogP contribution in [0.15, 0.2) is 0 Å². The van der Waals surface area contributed by atoms with Gasteiger partial charge in [0.05, 0.1) is 17.9 Å². The summed E-state index contributed by atoms with van der Waals surface area (Å²) in [5.74, 6) is -0.921. The van der Waals surface area contributed by atoms with E-state index in [1.54, 1.807) is 6.92 Å². The molecular weight excluding hydrogens is 372 g/mol. The number of H-pyrrole nitrogens is 2. The van der Waals surface area contributed by atoms with Gasteiger partial charge in [-0.3, -0.25) is 5.10 Å². The summed E-state index contributed by atoms with van der Waals surface area (Å²) in [6, 6.07) is 0. The van der Waals surface area contributed by atoms with E-state index in [1.807, 2.05) is 41.5 Å². The second-order valence-corrected chi connectivity index (χ2v) is 7.92. The van der Waals surface area contributed by atoms with Crippen molar-refractivity contribution in [1.82, 2.24) is 20.5 Å². The van der Waals surface area contributed by atoms with Gasteiger partial charge >= 0.3 is 11.9 Å². The Morgan fingerprint density at radius 1 is 1.07 bits per heavy atom. The maximum Gasteiger partial charge on any atom is 0.355 e. The summed E-state index contributed by atoms with van der Waals surface area (Å²) in [5.41, 5.74) is 4.31. The molecule has 8 heteroatoms. The van der Waals surface area contributed by atoms with Crippen LogP contribution in [0.4, 0.5) is 0 Å². The lowest BCUT2D eigenvalue weighted by molar-refractivity contribution is 0.00622. The summed E-state index contributed by atoms with van der Waals surface area (Å²) < 4.78 is 10.8. The third-order valence-corrected chi connectivity index (χ3v) is 4.50. The largest absolute Gasteiger partial charge is 0.462 e. The highest BCUT2D eigenvalue weighted by molar-refractivity contribution is 5.98. The smallest absolute Gasteiger partial charge is 0.355 e. The molecule has 0 fully saturated rings. The van der Waals surface area contributed by atoms with Crippen molar-refractivity contribution < 1.29 is 19.1 Å². The fourth-order valence-corrected chi connectivity index (χ4v) is 3.18. The van der Waals surface area contributed by atoms with Crippen LogP contribution in [-0.4, -0.2) is 39.3 Å². The number of hydrogen-bond acceptors (Lipinski definition) is 6. The van der Waals surface area contributed by atoms with E-state index in [0.717, 1.165) is 17.0 Å². The molecule has 2 aromatic heterocycles. The first kappa shape index (κ1) is 22.7. The summed E-state index contributed by atoms with van der Waals surface area (Å²) in [6.45, 7) is 14.2. The van der Waals surface area contributed by atoms with Gasteiger partial charge in [0.15, 0.2) is 0 Å². The Morgan fingerprint density at radius 3 is 2.28 bits per heavy atom. The van der Waals surface area contributed by atoms with Crippen LogP contribution in [0.5, 0.6) is 0 Å². The van der Waals surface area contributed by atoms with Crippen LogP contribution in [0.3, 0.4) is 0 Å². The van der Waals surface area contributed by atoms with Crippen LogP contribution in [0.25, 0.3) is 0 Å². The van der Waals surface area contributed by atoms with Gasteiger partial charge in [0.2, 0.25) is 0 Å². The van der Waals surface area contributed by atoms with Gasteiger partial charge in [-0.15, -0.1) is 0 Å². The maximum absolute atomic E-state index is 12.7. The summed E-state index contributed by atoms with van der Waals surface area (Å²) in [4.78, 5) is 28.4. The molecule has 2 heterocycles. The van der Waals surface area contributed by atoms with Gasteiger partial charge in [-0.1, -0.05) is 6.92 Å². The number of rotatable bonds is 8. The van der Waals surface area contributed by atoms with E-state index in [9.17, 15) is 9.59 Å². The maximum atomic E-state index is 12.7. The molecule has 0 saturated carbocycles. The molecule has 0 spiro atoms. The van der Waals surface area contributed by atoms with Crippen LogP contribution in [-0.2, 0) is 29.0 Å². The molecule has 3 N–H and O–H groups in total. The number of carbonyl (C=O) groups is 2. The standard InChI is InChI=1S/C21H32N4O4/c1-8-14-17(19(26)28-9-2)16(23-18(14)20(27)29-21(5,6)7)11-22-10-15-12(3)24-25-13(15)4/h22-23H,8-11H2,1-7H3,(H,24,25). The number of nitrogens with one attached hydrogen (secondary N) is 3. The van der Waals surface area contributed by atoms with E-state index >= 15 is 0 Å². The van der Waals surface area contributed by atoms with Gasteiger partial charge in [0.1, 0.15) is 11.3 Å². The van der Waals surface area contributed by atoms with E-state index < -0.39 is 17.5 Å². The SMILES string of the molecule is CCOC(=O)c1c(CNCc2c(C)n[nH]c2C)[nH]c(C(=O)OC(C)(C)C)c1CC. The van der Waals surface area contributed by atoms with Crippen LogP contribution >= 0.6 is 0 Å². The van der Waals surface area contributed by atoms with Crippen molar-refractivity contribution in [3.05, 3.63) is 39.5 Å². The van der Waals surface area contributed by atoms with E-state index in [2.05, 4.69) is 20.5 Å². The summed E-state index contributed by atoms with van der Waals surface area (Å²) >= 11 is 0. The molecule has 0 amide bonds. The van der Waals surface area contributed by atoms with E-state index in [0.29, 0.717) is 42.0 Å². The minimum absolute atomic E-state index is 0.259. The quantitative estimate of drug-likeness (QED) is 0.582. The number of nitrogens with zero attached hydrogens (tertiary/aromatic N) is 1. The second-order valence-electron chi connectivity index (χ2n) is 7.92. The van der Waals surface area contributed by atoms with Crippen molar-refractivity contribution in [3.8, 4) is 0 Å². The summed E-state index contributed by atoms with van der Waals surface area (Å²) in [7, 11) is 0. The fraction of sp³-hybridized carbons (Fsp3) is 0.571. The second kappa shape index (κ2) is 9.26. The predicted octanol–water partition coefficient (Wildman–Crippen LogP) is 3.34. The average Bonchev–Trinajstić information content (AvgIpc) is 3.15. The third kappa shape index (κ3) is 5.47. The molecule has 0 saturated heterocycles. The van der Waals surface area contributed by atoms with Gasteiger partial charge in [-0.25, -0.2) is 9.59 Å². The Labute approximate surface area is 171 Å². The first-order valence-electron chi connectivity index (χ1n) is 9.94. The van der Waals surface area contributed by atoms with Crippen LogP contribution < -0.4 is 5.32 Å². The Morgan fingerprint density at radius 2 is 1.76 bits per heavy atom. The summed E-state index contributed by atoms with van der Waals surface area (Å²) in [5, 5.41) is 10.5. The first-order valence-corrected chi connectivity index (χ1v) is 9.94. The van der Waals surface area contributed by atoms with Crippen molar-refractivity contribution in [1.29, 1.82) is 0 Å². The molecular formula is C21H32N4O4. The molecule has 8 nitrogen and oxygen atoms in total. The summed E-state index contributed by atoms with van der Waals surface area (Å²) in [6.07, 6.45) is 0.499. The molecule has 0 bridgehead atoms. The zero-order valence-electron chi connectivity index (χ0n) is 18.4.